The first-order chi connectivity index (χ1) is 36.6. The van der Waals surface area contributed by atoms with Crippen molar-refractivity contribution in [2.45, 2.75) is 340 Å². The third-order valence-corrected chi connectivity index (χ3v) is 14.5. The van der Waals surface area contributed by atoms with E-state index in [0.29, 0.717) is 19.3 Å². The van der Waals surface area contributed by atoms with Crippen LogP contribution in [0.1, 0.15) is 303 Å². The van der Waals surface area contributed by atoms with Gasteiger partial charge in [-0.1, -0.05) is 257 Å². The van der Waals surface area contributed by atoms with E-state index in [1.165, 1.54) is 167 Å². The summed E-state index contributed by atoms with van der Waals surface area (Å²) in [7, 11) is 0. The fourth-order valence-corrected chi connectivity index (χ4v) is 9.69. The second-order valence-corrected chi connectivity index (χ2v) is 21.7. The highest BCUT2D eigenvalue weighted by molar-refractivity contribution is 5.74. The molecule has 0 spiro atoms. The molecule has 1 aliphatic heterocycles. The Morgan fingerprint density at radius 1 is 0.440 bits per heavy atom. The molecule has 6 atom stereocenters. The molecule has 3 N–H and O–H groups in total. The molecule has 438 valence electrons. The van der Waals surface area contributed by atoms with Crippen LogP contribution in [0.25, 0.3) is 0 Å². The smallest absolute Gasteiger partial charge is 0.335 e. The summed E-state index contributed by atoms with van der Waals surface area (Å²) in [6.07, 6.45) is 47.1. The van der Waals surface area contributed by atoms with Crippen LogP contribution < -0.4 is 0 Å². The highest BCUT2D eigenvalue weighted by Crippen LogP contribution is 2.27. The molecule has 1 aliphatic rings. The molecule has 0 aromatic heterocycles. The second-order valence-electron chi connectivity index (χ2n) is 21.7. The van der Waals surface area contributed by atoms with Gasteiger partial charge in [0.15, 0.2) is 24.6 Å². The lowest BCUT2D eigenvalue weighted by molar-refractivity contribution is -0.301. The predicted molar refractivity (Wildman–Crippen MR) is 303 cm³/mol. The third kappa shape index (κ3) is 41.9. The van der Waals surface area contributed by atoms with Gasteiger partial charge < -0.3 is 39.0 Å². The van der Waals surface area contributed by atoms with Crippen molar-refractivity contribution in [3.63, 3.8) is 0 Å². The van der Waals surface area contributed by atoms with Crippen LogP contribution in [-0.4, -0.2) is 89.2 Å². The van der Waals surface area contributed by atoms with Crippen LogP contribution in [0.5, 0.6) is 0 Å². The van der Waals surface area contributed by atoms with E-state index in [-0.39, 0.29) is 25.9 Å². The van der Waals surface area contributed by atoms with Crippen LogP contribution in [0, 0.1) is 0 Å². The summed E-state index contributed by atoms with van der Waals surface area (Å²) >= 11 is 0. The van der Waals surface area contributed by atoms with Gasteiger partial charge in [-0.05, 0) is 51.4 Å². The van der Waals surface area contributed by atoms with E-state index in [4.69, 9.17) is 23.7 Å². The topological polar surface area (TPSA) is 175 Å². The van der Waals surface area contributed by atoms with Crippen LogP contribution in [0.4, 0.5) is 0 Å². The normalized spacial score (nSPS) is 18.2. The van der Waals surface area contributed by atoms with Gasteiger partial charge in [0.1, 0.15) is 18.8 Å². The zero-order chi connectivity index (χ0) is 54.7. The van der Waals surface area contributed by atoms with Crippen molar-refractivity contribution in [3.8, 4) is 0 Å². The van der Waals surface area contributed by atoms with Crippen LogP contribution in [-0.2, 0) is 42.9 Å². The Balaban J connectivity index is 2.64. The molecule has 0 aliphatic carbocycles. The maximum absolute atomic E-state index is 13.1. The molecule has 1 fully saturated rings. The number of carbonyl (C=O) groups is 4. The first-order valence-electron chi connectivity index (χ1n) is 31.3. The largest absolute Gasteiger partial charge is 0.479 e. The summed E-state index contributed by atoms with van der Waals surface area (Å²) in [5.41, 5.74) is 0. The molecule has 0 saturated carbocycles. The minimum absolute atomic E-state index is 0.0607. The van der Waals surface area contributed by atoms with E-state index < -0.39 is 67.3 Å². The van der Waals surface area contributed by atoms with Crippen molar-refractivity contribution in [2.75, 3.05) is 13.2 Å². The van der Waals surface area contributed by atoms with Crippen LogP contribution in [0.2, 0.25) is 0 Å². The zero-order valence-electron chi connectivity index (χ0n) is 48.3. The average molecular weight is 1060 g/mol. The summed E-state index contributed by atoms with van der Waals surface area (Å²) in [4.78, 5) is 51.2. The Kier molecular flexibility index (Phi) is 48.6. The number of allylic oxidation sites excluding steroid dienone is 4. The van der Waals surface area contributed by atoms with E-state index in [2.05, 4.69) is 45.1 Å². The number of carbonyl (C=O) groups excluding carboxylic acids is 3. The summed E-state index contributed by atoms with van der Waals surface area (Å²) in [5.74, 6) is -3.09. The number of unbranched alkanes of at least 4 members (excludes halogenated alkanes) is 36. The van der Waals surface area contributed by atoms with E-state index in [1.54, 1.807) is 0 Å². The molecule has 0 bridgehead atoms. The van der Waals surface area contributed by atoms with Crippen LogP contribution in [0.3, 0.4) is 0 Å². The zero-order valence-corrected chi connectivity index (χ0v) is 48.3. The van der Waals surface area contributed by atoms with Crippen molar-refractivity contribution < 1.29 is 58.2 Å². The Hall–Kier alpha value is -2.80. The highest BCUT2D eigenvalue weighted by atomic mass is 16.7. The van der Waals surface area contributed by atoms with Gasteiger partial charge in [0.2, 0.25) is 0 Å². The molecule has 1 heterocycles. The summed E-state index contributed by atoms with van der Waals surface area (Å²) in [6, 6.07) is 0. The molecule has 0 aromatic rings. The SMILES string of the molecule is CCCCC/C=C\C/C=C\CCCCCCCCCCCC(=O)OC1C(OCC(COC(=O)CCCCCCCCCCCCCCC)OC(=O)CCCCCCCCCCCCCCC)OC(C(=O)O)C(O)C1O. The van der Waals surface area contributed by atoms with Gasteiger partial charge in [-0.2, -0.15) is 0 Å². The molecule has 0 aromatic carbocycles. The Morgan fingerprint density at radius 3 is 1.23 bits per heavy atom. The number of aliphatic hydroxyl groups is 2. The molecular formula is C63H114O12. The van der Waals surface area contributed by atoms with Gasteiger partial charge in [0, 0.05) is 19.3 Å². The summed E-state index contributed by atoms with van der Waals surface area (Å²) in [5, 5.41) is 31.5. The molecule has 1 saturated heterocycles. The molecule has 1 rings (SSSR count). The van der Waals surface area contributed by atoms with Gasteiger partial charge in [0.25, 0.3) is 0 Å². The maximum atomic E-state index is 13.1. The quantitative estimate of drug-likeness (QED) is 0.0228. The minimum Gasteiger partial charge on any atom is -0.479 e. The highest BCUT2D eigenvalue weighted by Gasteiger charge is 2.50. The second kappa shape index (κ2) is 51.9. The van der Waals surface area contributed by atoms with Gasteiger partial charge in [-0.25, -0.2) is 4.79 Å². The molecule has 0 radical (unpaired) electrons. The fourth-order valence-electron chi connectivity index (χ4n) is 9.69. The first-order valence-corrected chi connectivity index (χ1v) is 31.3. The van der Waals surface area contributed by atoms with E-state index in [1.807, 2.05) is 0 Å². The summed E-state index contributed by atoms with van der Waals surface area (Å²) < 4.78 is 28.5. The summed E-state index contributed by atoms with van der Waals surface area (Å²) in [6.45, 7) is 6.00. The fraction of sp³-hybridized carbons (Fsp3) is 0.873. The number of carboxylic acid groups (broad SMARTS) is 1. The van der Waals surface area contributed by atoms with Gasteiger partial charge in [-0.3, -0.25) is 14.4 Å². The Labute approximate surface area is 458 Å². The van der Waals surface area contributed by atoms with Crippen molar-refractivity contribution >= 4 is 23.9 Å². The number of carboxylic acids is 1. The number of hydrogen-bond donors (Lipinski definition) is 3. The van der Waals surface area contributed by atoms with Crippen molar-refractivity contribution in [2.24, 2.45) is 0 Å². The van der Waals surface area contributed by atoms with E-state index >= 15 is 0 Å². The van der Waals surface area contributed by atoms with Crippen molar-refractivity contribution in [1.29, 1.82) is 0 Å². The van der Waals surface area contributed by atoms with Gasteiger partial charge in [-0.15, -0.1) is 0 Å². The van der Waals surface area contributed by atoms with Crippen LogP contribution in [0.15, 0.2) is 24.3 Å². The standard InChI is InChI=1S/C63H114O12/c1-4-7-10-13-16-19-22-25-26-27-28-29-30-33-36-39-42-45-48-51-57(66)74-61-59(68)58(67)60(62(69)70)75-63(61)72-53-54(73-56(65)50-47-44-41-38-35-32-24-21-18-15-12-9-6-3)52-71-55(64)49-46-43-40-37-34-31-23-20-17-14-11-8-5-2/h16,19,25-26,54,58-61,63,67-68H,4-15,17-18,20-24,27-53H2,1-3H3,(H,69,70)/b19-16-,26-25-. The van der Waals surface area contributed by atoms with Gasteiger partial charge >= 0.3 is 23.9 Å². The number of aliphatic carboxylic acids is 1. The third-order valence-electron chi connectivity index (χ3n) is 14.5. The molecular weight excluding hydrogens is 949 g/mol. The number of esters is 3. The van der Waals surface area contributed by atoms with E-state index in [9.17, 15) is 34.5 Å². The molecule has 0 amide bonds. The molecule has 75 heavy (non-hydrogen) atoms. The maximum Gasteiger partial charge on any atom is 0.335 e. The van der Waals surface area contributed by atoms with Gasteiger partial charge in [0.05, 0.1) is 6.61 Å². The lowest BCUT2D eigenvalue weighted by Crippen LogP contribution is -2.61. The molecule has 12 nitrogen and oxygen atoms in total. The Bertz CT molecular complexity index is 1400. The molecule has 12 heteroatoms. The van der Waals surface area contributed by atoms with E-state index in [0.717, 1.165) is 77.0 Å². The van der Waals surface area contributed by atoms with Crippen LogP contribution >= 0.6 is 0 Å². The first kappa shape index (κ1) is 70.2. The lowest BCUT2D eigenvalue weighted by atomic mass is 9.98. The number of rotatable bonds is 54. The van der Waals surface area contributed by atoms with Crippen molar-refractivity contribution in [1.82, 2.24) is 0 Å². The number of aliphatic hydroxyl groups excluding tert-OH is 2. The van der Waals surface area contributed by atoms with Crippen molar-refractivity contribution in [3.05, 3.63) is 24.3 Å². The monoisotopic (exact) mass is 1060 g/mol. The Morgan fingerprint density at radius 2 is 0.800 bits per heavy atom. The average Bonchev–Trinajstić information content (AvgIpc) is 3.39. The lowest BCUT2D eigenvalue weighted by Gasteiger charge is -2.40. The minimum atomic E-state index is -1.90. The number of hydrogen-bond acceptors (Lipinski definition) is 11. The number of ether oxygens (including phenoxy) is 5. The molecule has 6 unspecified atom stereocenters. The predicted octanol–water partition coefficient (Wildman–Crippen LogP) is 16.2.